The molecular formula is C9H12BrNO2. The molecule has 0 aliphatic carbocycles. The summed E-state index contributed by atoms with van der Waals surface area (Å²) >= 11 is 3.19. The molecule has 4 N–H and O–H groups in total. The van der Waals surface area contributed by atoms with Gasteiger partial charge in [-0.3, -0.25) is 0 Å². The maximum Gasteiger partial charge on any atom is 0.132 e. The zero-order chi connectivity index (χ0) is 10.0. The van der Waals surface area contributed by atoms with Crippen molar-refractivity contribution in [3.8, 4) is 5.75 Å². The third-order valence-electron chi connectivity index (χ3n) is 1.88. The van der Waals surface area contributed by atoms with E-state index in [4.69, 9.17) is 5.73 Å². The fourth-order valence-electron chi connectivity index (χ4n) is 1.09. The van der Waals surface area contributed by atoms with Gasteiger partial charge in [-0.1, -0.05) is 0 Å². The van der Waals surface area contributed by atoms with Crippen LogP contribution in [0.1, 0.15) is 17.2 Å². The van der Waals surface area contributed by atoms with Gasteiger partial charge in [-0.2, -0.15) is 0 Å². The molecule has 1 unspecified atom stereocenters. The molecule has 3 nitrogen and oxygen atoms in total. The smallest absolute Gasteiger partial charge is 0.132 e. The van der Waals surface area contributed by atoms with Gasteiger partial charge in [0.05, 0.1) is 10.6 Å². The van der Waals surface area contributed by atoms with Crippen LogP contribution in [0, 0.1) is 6.92 Å². The first-order valence-corrected chi connectivity index (χ1v) is 4.72. The van der Waals surface area contributed by atoms with Gasteiger partial charge in [0.1, 0.15) is 5.75 Å². The predicted octanol–water partition coefficient (Wildman–Crippen LogP) is 1.46. The first-order valence-electron chi connectivity index (χ1n) is 3.93. The largest absolute Gasteiger partial charge is 0.506 e. The monoisotopic (exact) mass is 245 g/mol. The van der Waals surface area contributed by atoms with Gasteiger partial charge >= 0.3 is 0 Å². The predicted molar refractivity (Wildman–Crippen MR) is 54.6 cm³/mol. The second-order valence-electron chi connectivity index (χ2n) is 2.92. The summed E-state index contributed by atoms with van der Waals surface area (Å²) in [6.07, 6.45) is -0.671. The summed E-state index contributed by atoms with van der Waals surface area (Å²) in [7, 11) is 0. The molecule has 1 atom stereocenters. The molecule has 0 bridgehead atoms. The van der Waals surface area contributed by atoms with E-state index in [2.05, 4.69) is 15.9 Å². The summed E-state index contributed by atoms with van der Waals surface area (Å²) in [5, 5.41) is 18.9. The summed E-state index contributed by atoms with van der Waals surface area (Å²) in [4.78, 5) is 0. The number of aliphatic hydroxyl groups excluding tert-OH is 1. The Kier molecular flexibility index (Phi) is 3.30. The third kappa shape index (κ3) is 2.21. The van der Waals surface area contributed by atoms with Gasteiger partial charge in [-0.25, -0.2) is 0 Å². The number of halogens is 1. The van der Waals surface area contributed by atoms with Gasteiger partial charge in [0.15, 0.2) is 0 Å². The molecule has 1 aromatic rings. The number of rotatable bonds is 2. The maximum atomic E-state index is 9.44. The Morgan fingerprint density at radius 3 is 2.62 bits per heavy atom. The van der Waals surface area contributed by atoms with Crippen LogP contribution in [0.4, 0.5) is 0 Å². The second-order valence-corrected chi connectivity index (χ2v) is 3.77. The lowest BCUT2D eigenvalue weighted by molar-refractivity contribution is 0.186. The van der Waals surface area contributed by atoms with E-state index in [9.17, 15) is 10.2 Å². The third-order valence-corrected chi connectivity index (χ3v) is 2.49. The summed E-state index contributed by atoms with van der Waals surface area (Å²) in [5.41, 5.74) is 6.75. The van der Waals surface area contributed by atoms with Crippen molar-refractivity contribution in [3.63, 3.8) is 0 Å². The molecule has 1 aromatic carbocycles. The van der Waals surface area contributed by atoms with Gasteiger partial charge in [-0.15, -0.1) is 0 Å². The van der Waals surface area contributed by atoms with Crippen LogP contribution in [-0.4, -0.2) is 16.8 Å². The molecule has 0 amide bonds. The molecule has 0 saturated carbocycles. The molecule has 0 aromatic heterocycles. The maximum absolute atomic E-state index is 9.44. The average molecular weight is 246 g/mol. The molecule has 0 fully saturated rings. The summed E-state index contributed by atoms with van der Waals surface area (Å²) < 4.78 is 0.579. The van der Waals surface area contributed by atoms with Gasteiger partial charge < -0.3 is 15.9 Å². The topological polar surface area (TPSA) is 66.5 Å². The van der Waals surface area contributed by atoms with E-state index in [1.165, 1.54) is 0 Å². The van der Waals surface area contributed by atoms with E-state index in [-0.39, 0.29) is 12.3 Å². The Hall–Kier alpha value is -0.580. The zero-order valence-corrected chi connectivity index (χ0v) is 8.87. The highest BCUT2D eigenvalue weighted by Crippen LogP contribution is 2.30. The minimum absolute atomic E-state index is 0.177. The van der Waals surface area contributed by atoms with Crippen molar-refractivity contribution >= 4 is 15.9 Å². The molecule has 0 saturated heterocycles. The molecule has 0 heterocycles. The number of phenols is 1. The van der Waals surface area contributed by atoms with Crippen LogP contribution in [0.3, 0.4) is 0 Å². The molecule has 0 aliphatic rings. The summed E-state index contributed by atoms with van der Waals surface area (Å²) in [5.74, 6) is 0.202. The van der Waals surface area contributed by atoms with Crippen LogP contribution in [0.5, 0.6) is 5.75 Å². The van der Waals surface area contributed by atoms with Crippen molar-refractivity contribution < 1.29 is 10.2 Å². The fraction of sp³-hybridized carbons (Fsp3) is 0.333. The lowest BCUT2D eigenvalue weighted by atomic mass is 10.1. The van der Waals surface area contributed by atoms with Crippen molar-refractivity contribution in [2.75, 3.05) is 6.54 Å². The van der Waals surface area contributed by atoms with Gasteiger partial charge in [0.2, 0.25) is 0 Å². The van der Waals surface area contributed by atoms with Crippen molar-refractivity contribution in [2.45, 2.75) is 13.0 Å². The van der Waals surface area contributed by atoms with E-state index >= 15 is 0 Å². The standard InChI is InChI=1S/C9H12BrNO2/c1-5-2-6(8(12)4-11)3-7(10)9(5)13/h2-3,8,12-13H,4,11H2,1H3. The number of nitrogens with two attached hydrogens (primary N) is 1. The normalized spacial score (nSPS) is 12.9. The highest BCUT2D eigenvalue weighted by molar-refractivity contribution is 9.10. The van der Waals surface area contributed by atoms with Crippen molar-refractivity contribution in [2.24, 2.45) is 5.73 Å². The number of aryl methyl sites for hydroxylation is 1. The lowest BCUT2D eigenvalue weighted by Gasteiger charge is -2.10. The van der Waals surface area contributed by atoms with Gasteiger partial charge in [0.25, 0.3) is 0 Å². The van der Waals surface area contributed by atoms with E-state index < -0.39 is 6.10 Å². The first-order chi connectivity index (χ1) is 6.06. The van der Waals surface area contributed by atoms with Crippen LogP contribution in [-0.2, 0) is 0 Å². The molecule has 13 heavy (non-hydrogen) atoms. The van der Waals surface area contributed by atoms with Gasteiger partial charge in [0, 0.05) is 6.54 Å². The highest BCUT2D eigenvalue weighted by Gasteiger charge is 2.09. The number of hydrogen-bond acceptors (Lipinski definition) is 3. The van der Waals surface area contributed by atoms with Crippen LogP contribution in [0.2, 0.25) is 0 Å². The lowest BCUT2D eigenvalue weighted by Crippen LogP contribution is -2.11. The van der Waals surface area contributed by atoms with Crippen LogP contribution >= 0.6 is 15.9 Å². The summed E-state index contributed by atoms with van der Waals surface area (Å²) in [6, 6.07) is 3.39. The summed E-state index contributed by atoms with van der Waals surface area (Å²) in [6.45, 7) is 1.95. The molecule has 4 heteroatoms. The average Bonchev–Trinajstić information content (AvgIpc) is 2.12. The molecule has 72 valence electrons. The highest BCUT2D eigenvalue weighted by atomic mass is 79.9. The number of phenolic OH excluding ortho intramolecular Hbond substituents is 1. The van der Waals surface area contributed by atoms with Crippen molar-refractivity contribution in [3.05, 3.63) is 27.7 Å². The molecule has 0 spiro atoms. The molecular weight excluding hydrogens is 234 g/mol. The van der Waals surface area contributed by atoms with E-state index in [1.807, 2.05) is 0 Å². The fourth-order valence-corrected chi connectivity index (χ4v) is 1.67. The van der Waals surface area contributed by atoms with E-state index in [0.717, 1.165) is 5.56 Å². The Bertz CT molecular complexity index is 291. The number of benzene rings is 1. The Morgan fingerprint density at radius 1 is 1.54 bits per heavy atom. The molecule has 1 rings (SSSR count). The second kappa shape index (κ2) is 4.09. The number of aromatic hydroxyl groups is 1. The van der Waals surface area contributed by atoms with Crippen molar-refractivity contribution in [1.82, 2.24) is 0 Å². The quantitative estimate of drug-likeness (QED) is 0.739. The minimum Gasteiger partial charge on any atom is -0.506 e. The Morgan fingerprint density at radius 2 is 2.15 bits per heavy atom. The zero-order valence-electron chi connectivity index (χ0n) is 7.29. The molecule has 0 aliphatic heterocycles. The van der Waals surface area contributed by atoms with Crippen LogP contribution in [0.15, 0.2) is 16.6 Å². The van der Waals surface area contributed by atoms with E-state index in [0.29, 0.717) is 10.0 Å². The van der Waals surface area contributed by atoms with E-state index in [1.54, 1.807) is 19.1 Å². The number of hydrogen-bond donors (Lipinski definition) is 3. The Labute approximate surface area is 85.3 Å². The van der Waals surface area contributed by atoms with Crippen LogP contribution in [0.25, 0.3) is 0 Å². The Balaban J connectivity index is 3.13. The molecule has 0 radical (unpaired) electrons. The van der Waals surface area contributed by atoms with Crippen LogP contribution < -0.4 is 5.73 Å². The minimum atomic E-state index is -0.671. The SMILES string of the molecule is Cc1cc(C(O)CN)cc(Br)c1O. The number of aliphatic hydroxyl groups is 1. The first kappa shape index (κ1) is 10.5. The van der Waals surface area contributed by atoms with Crippen molar-refractivity contribution in [1.29, 1.82) is 0 Å². The van der Waals surface area contributed by atoms with Gasteiger partial charge in [-0.05, 0) is 46.1 Å².